The predicted octanol–water partition coefficient (Wildman–Crippen LogP) is 1.94. The SMILES string of the molecule is CN=C(NCCc1c(C)noc1C)NC1CCCC1. The first kappa shape index (κ1) is 13.9. The molecule has 1 aliphatic carbocycles. The molecule has 5 nitrogen and oxygen atoms in total. The predicted molar refractivity (Wildman–Crippen MR) is 76.4 cm³/mol. The summed E-state index contributed by atoms with van der Waals surface area (Å²) in [6.07, 6.45) is 6.07. The maximum atomic E-state index is 5.16. The largest absolute Gasteiger partial charge is 0.361 e. The van der Waals surface area contributed by atoms with Crippen LogP contribution in [0.5, 0.6) is 0 Å². The summed E-state index contributed by atoms with van der Waals surface area (Å²) in [6.45, 7) is 4.79. The van der Waals surface area contributed by atoms with Crippen molar-refractivity contribution in [2.45, 2.75) is 52.0 Å². The van der Waals surface area contributed by atoms with Crippen LogP contribution in [0.2, 0.25) is 0 Å². The van der Waals surface area contributed by atoms with Crippen LogP contribution in [-0.4, -0.2) is 30.8 Å². The molecule has 0 saturated heterocycles. The van der Waals surface area contributed by atoms with E-state index in [-0.39, 0.29) is 0 Å². The van der Waals surface area contributed by atoms with Gasteiger partial charge in [-0.15, -0.1) is 0 Å². The van der Waals surface area contributed by atoms with Gasteiger partial charge in [0.05, 0.1) is 5.69 Å². The molecule has 5 heteroatoms. The van der Waals surface area contributed by atoms with Crippen molar-refractivity contribution in [3.63, 3.8) is 0 Å². The second-order valence-electron chi connectivity index (χ2n) is 5.18. The molecule has 0 unspecified atom stereocenters. The van der Waals surface area contributed by atoms with Crippen LogP contribution in [-0.2, 0) is 6.42 Å². The average Bonchev–Trinajstić information content (AvgIpc) is 3.01. The van der Waals surface area contributed by atoms with Crippen molar-refractivity contribution < 1.29 is 4.52 Å². The Morgan fingerprint density at radius 3 is 2.68 bits per heavy atom. The van der Waals surface area contributed by atoms with Gasteiger partial charge in [-0.1, -0.05) is 18.0 Å². The van der Waals surface area contributed by atoms with Crippen LogP contribution in [0, 0.1) is 13.8 Å². The molecule has 0 spiro atoms. The molecule has 2 N–H and O–H groups in total. The molecule has 2 rings (SSSR count). The highest BCUT2D eigenvalue weighted by Gasteiger charge is 2.16. The third-order valence-corrected chi connectivity index (χ3v) is 3.77. The second-order valence-corrected chi connectivity index (χ2v) is 5.18. The zero-order chi connectivity index (χ0) is 13.7. The van der Waals surface area contributed by atoms with Crippen molar-refractivity contribution >= 4 is 5.96 Å². The molecular weight excluding hydrogens is 240 g/mol. The lowest BCUT2D eigenvalue weighted by atomic mass is 10.1. The number of nitrogens with zero attached hydrogens (tertiary/aromatic N) is 2. The monoisotopic (exact) mass is 264 g/mol. The normalized spacial score (nSPS) is 16.9. The summed E-state index contributed by atoms with van der Waals surface area (Å²) in [6, 6.07) is 0.588. The number of hydrogen-bond acceptors (Lipinski definition) is 3. The molecule has 1 fully saturated rings. The number of nitrogens with one attached hydrogen (secondary N) is 2. The van der Waals surface area contributed by atoms with Crippen molar-refractivity contribution in [2.75, 3.05) is 13.6 Å². The Bertz CT molecular complexity index is 413. The van der Waals surface area contributed by atoms with Gasteiger partial charge in [-0.25, -0.2) is 0 Å². The number of rotatable bonds is 4. The molecule has 0 atom stereocenters. The lowest BCUT2D eigenvalue weighted by Crippen LogP contribution is -2.43. The molecule has 106 valence electrons. The maximum absolute atomic E-state index is 5.16. The first-order chi connectivity index (χ1) is 9.20. The van der Waals surface area contributed by atoms with Crippen LogP contribution in [0.15, 0.2) is 9.52 Å². The van der Waals surface area contributed by atoms with E-state index in [2.05, 4.69) is 20.8 Å². The lowest BCUT2D eigenvalue weighted by molar-refractivity contribution is 0.392. The quantitative estimate of drug-likeness (QED) is 0.644. The van der Waals surface area contributed by atoms with Crippen molar-refractivity contribution in [2.24, 2.45) is 4.99 Å². The molecule has 0 aromatic carbocycles. The van der Waals surface area contributed by atoms with E-state index in [1.54, 1.807) is 0 Å². The van der Waals surface area contributed by atoms with Crippen molar-refractivity contribution in [3.05, 3.63) is 17.0 Å². The summed E-state index contributed by atoms with van der Waals surface area (Å²) >= 11 is 0. The van der Waals surface area contributed by atoms with Gasteiger partial charge in [-0.05, 0) is 33.1 Å². The topological polar surface area (TPSA) is 62.5 Å². The minimum atomic E-state index is 0.588. The molecule has 0 bridgehead atoms. The summed E-state index contributed by atoms with van der Waals surface area (Å²) < 4.78 is 5.16. The van der Waals surface area contributed by atoms with Gasteiger partial charge in [0.2, 0.25) is 0 Å². The van der Waals surface area contributed by atoms with E-state index in [4.69, 9.17) is 4.52 Å². The summed E-state index contributed by atoms with van der Waals surface area (Å²) in [4.78, 5) is 4.27. The minimum Gasteiger partial charge on any atom is -0.361 e. The van der Waals surface area contributed by atoms with Gasteiger partial charge in [0.15, 0.2) is 5.96 Å². The Hall–Kier alpha value is -1.52. The van der Waals surface area contributed by atoms with Gasteiger partial charge < -0.3 is 15.2 Å². The summed E-state index contributed by atoms with van der Waals surface area (Å²) in [5.41, 5.74) is 2.18. The van der Waals surface area contributed by atoms with Crippen LogP contribution in [0.3, 0.4) is 0 Å². The Morgan fingerprint density at radius 1 is 1.37 bits per heavy atom. The summed E-state index contributed by atoms with van der Waals surface area (Å²) in [5, 5.41) is 10.8. The van der Waals surface area contributed by atoms with E-state index in [1.165, 1.54) is 31.2 Å². The number of hydrogen-bond donors (Lipinski definition) is 2. The van der Waals surface area contributed by atoms with E-state index in [0.29, 0.717) is 6.04 Å². The van der Waals surface area contributed by atoms with E-state index >= 15 is 0 Å². The molecule has 0 aliphatic heterocycles. The molecule has 1 heterocycles. The molecular formula is C14H24N4O. The Morgan fingerprint density at radius 2 is 2.11 bits per heavy atom. The zero-order valence-corrected chi connectivity index (χ0v) is 12.1. The highest BCUT2D eigenvalue weighted by atomic mass is 16.5. The van der Waals surface area contributed by atoms with E-state index in [9.17, 15) is 0 Å². The van der Waals surface area contributed by atoms with Gasteiger partial charge in [0.1, 0.15) is 5.76 Å². The fourth-order valence-electron chi connectivity index (χ4n) is 2.62. The van der Waals surface area contributed by atoms with Gasteiger partial charge in [0.25, 0.3) is 0 Å². The minimum absolute atomic E-state index is 0.588. The lowest BCUT2D eigenvalue weighted by Gasteiger charge is -2.16. The van der Waals surface area contributed by atoms with E-state index in [1.807, 2.05) is 20.9 Å². The second kappa shape index (κ2) is 6.59. The third kappa shape index (κ3) is 3.72. The highest BCUT2D eigenvalue weighted by molar-refractivity contribution is 5.79. The molecule has 0 amide bonds. The van der Waals surface area contributed by atoms with Crippen LogP contribution in [0.25, 0.3) is 0 Å². The van der Waals surface area contributed by atoms with Crippen molar-refractivity contribution in [1.82, 2.24) is 15.8 Å². The Kier molecular flexibility index (Phi) is 4.82. The number of aliphatic imine (C=N–C) groups is 1. The van der Waals surface area contributed by atoms with Crippen LogP contribution in [0.4, 0.5) is 0 Å². The number of guanidine groups is 1. The standard InChI is InChI=1S/C14H24N4O/c1-10-13(11(2)19-18-10)8-9-16-14(15-3)17-12-6-4-5-7-12/h12H,4-9H2,1-3H3,(H2,15,16,17). The van der Waals surface area contributed by atoms with E-state index < -0.39 is 0 Å². The molecule has 1 aliphatic rings. The number of aromatic nitrogens is 1. The molecule has 1 aromatic heterocycles. The van der Waals surface area contributed by atoms with Gasteiger partial charge in [0, 0.05) is 25.2 Å². The molecule has 1 aromatic rings. The van der Waals surface area contributed by atoms with Crippen LogP contribution in [0.1, 0.15) is 42.7 Å². The van der Waals surface area contributed by atoms with Gasteiger partial charge in [-0.2, -0.15) is 0 Å². The molecule has 1 saturated carbocycles. The molecule has 19 heavy (non-hydrogen) atoms. The fraction of sp³-hybridized carbons (Fsp3) is 0.714. The van der Waals surface area contributed by atoms with Gasteiger partial charge in [-0.3, -0.25) is 4.99 Å². The first-order valence-electron chi connectivity index (χ1n) is 7.09. The summed E-state index contributed by atoms with van der Waals surface area (Å²) in [5.74, 6) is 1.82. The van der Waals surface area contributed by atoms with Crippen molar-refractivity contribution in [1.29, 1.82) is 0 Å². The smallest absolute Gasteiger partial charge is 0.191 e. The van der Waals surface area contributed by atoms with Gasteiger partial charge >= 0.3 is 0 Å². The van der Waals surface area contributed by atoms with Crippen LogP contribution >= 0.6 is 0 Å². The Labute approximate surface area is 114 Å². The van der Waals surface area contributed by atoms with E-state index in [0.717, 1.165) is 30.4 Å². The van der Waals surface area contributed by atoms with Crippen molar-refractivity contribution in [3.8, 4) is 0 Å². The highest BCUT2D eigenvalue weighted by Crippen LogP contribution is 2.17. The Balaban J connectivity index is 1.77. The van der Waals surface area contributed by atoms with Crippen LogP contribution < -0.4 is 10.6 Å². The fourth-order valence-corrected chi connectivity index (χ4v) is 2.62. The maximum Gasteiger partial charge on any atom is 0.191 e. The molecule has 0 radical (unpaired) electrons. The average molecular weight is 264 g/mol. The number of aryl methyl sites for hydroxylation is 2. The summed E-state index contributed by atoms with van der Waals surface area (Å²) in [7, 11) is 1.82. The first-order valence-corrected chi connectivity index (χ1v) is 7.09. The zero-order valence-electron chi connectivity index (χ0n) is 12.1. The third-order valence-electron chi connectivity index (χ3n) is 3.77.